The van der Waals surface area contributed by atoms with E-state index in [9.17, 15) is 9.59 Å². The van der Waals surface area contributed by atoms with E-state index in [4.69, 9.17) is 25.8 Å². The molecule has 7 nitrogen and oxygen atoms in total. The summed E-state index contributed by atoms with van der Waals surface area (Å²) in [6.07, 6.45) is 0. The van der Waals surface area contributed by atoms with Crippen molar-refractivity contribution in [1.82, 2.24) is 10.2 Å². The number of amides is 2. The molecule has 3 aromatic carbocycles. The number of fused-ring (bicyclic) bond motifs is 1. The summed E-state index contributed by atoms with van der Waals surface area (Å²) in [5.41, 5.74) is 1.72. The Bertz CT molecular complexity index is 1140. The molecule has 0 saturated heterocycles. The van der Waals surface area contributed by atoms with E-state index in [-0.39, 0.29) is 31.8 Å². The van der Waals surface area contributed by atoms with Gasteiger partial charge in [0.2, 0.25) is 12.7 Å². The van der Waals surface area contributed by atoms with Crippen LogP contribution in [0.3, 0.4) is 0 Å². The van der Waals surface area contributed by atoms with Gasteiger partial charge in [-0.15, -0.1) is 0 Å². The zero-order chi connectivity index (χ0) is 23.9. The summed E-state index contributed by atoms with van der Waals surface area (Å²) < 4.78 is 16.3. The molecule has 2 amide bonds. The van der Waals surface area contributed by atoms with Crippen LogP contribution in [0.4, 0.5) is 0 Å². The Morgan fingerprint density at radius 3 is 2.47 bits per heavy atom. The number of halogens is 1. The van der Waals surface area contributed by atoms with Crippen molar-refractivity contribution in [3.05, 3.63) is 88.9 Å². The highest BCUT2D eigenvalue weighted by Crippen LogP contribution is 2.32. The first-order valence-electron chi connectivity index (χ1n) is 10.9. The first-order chi connectivity index (χ1) is 16.5. The van der Waals surface area contributed by atoms with E-state index in [0.717, 1.165) is 11.1 Å². The van der Waals surface area contributed by atoms with Crippen LogP contribution in [0.25, 0.3) is 0 Å². The molecule has 1 heterocycles. The number of para-hydroxylation sites is 1. The number of hydrogen-bond donors (Lipinski definition) is 1. The Balaban J connectivity index is 1.42. The van der Waals surface area contributed by atoms with Crippen LogP contribution in [-0.4, -0.2) is 36.2 Å². The topological polar surface area (TPSA) is 77.1 Å². The maximum atomic E-state index is 13.1. The molecule has 176 valence electrons. The molecule has 1 aliphatic heterocycles. The summed E-state index contributed by atoms with van der Waals surface area (Å²) in [7, 11) is 0. The molecule has 0 radical (unpaired) electrons. The number of carbonyl (C=O) groups is 2. The van der Waals surface area contributed by atoms with Crippen molar-refractivity contribution >= 4 is 23.4 Å². The first-order valence-corrected chi connectivity index (χ1v) is 11.3. The minimum absolute atomic E-state index is 0.183. The third-order valence-corrected chi connectivity index (χ3v) is 5.69. The largest absolute Gasteiger partial charge is 0.484 e. The van der Waals surface area contributed by atoms with Crippen LogP contribution in [0.15, 0.2) is 72.8 Å². The quantitative estimate of drug-likeness (QED) is 0.497. The molecule has 1 aliphatic rings. The van der Waals surface area contributed by atoms with Crippen molar-refractivity contribution in [2.75, 3.05) is 13.4 Å². The Labute approximate surface area is 203 Å². The van der Waals surface area contributed by atoms with Gasteiger partial charge in [-0.05, 0) is 54.4 Å². The lowest BCUT2D eigenvalue weighted by Crippen LogP contribution is -2.48. The fourth-order valence-electron chi connectivity index (χ4n) is 3.50. The zero-order valence-corrected chi connectivity index (χ0v) is 19.5. The lowest BCUT2D eigenvalue weighted by molar-refractivity contribution is -0.142. The fourth-order valence-corrected chi connectivity index (χ4v) is 3.63. The number of rotatable bonds is 9. The molecule has 0 spiro atoms. The van der Waals surface area contributed by atoms with Gasteiger partial charge in [0.25, 0.3) is 5.91 Å². The summed E-state index contributed by atoms with van der Waals surface area (Å²) >= 11 is 5.99. The van der Waals surface area contributed by atoms with E-state index in [1.54, 1.807) is 31.2 Å². The standard InChI is InChI=1S/C26H25ClN2O5/c1-18(26(31)28-14-20-9-12-23-24(13-20)34-17-33-23)29(15-19-7-10-21(27)11-8-19)25(30)16-32-22-5-3-2-4-6-22/h2-13,18H,14-17H2,1H3,(H,28,31)/t18-/m0/s1. The van der Waals surface area contributed by atoms with E-state index >= 15 is 0 Å². The van der Waals surface area contributed by atoms with E-state index in [0.29, 0.717) is 28.8 Å². The summed E-state index contributed by atoms with van der Waals surface area (Å²) in [6.45, 7) is 2.24. The summed E-state index contributed by atoms with van der Waals surface area (Å²) in [4.78, 5) is 27.6. The molecular formula is C26H25ClN2O5. The summed E-state index contributed by atoms with van der Waals surface area (Å²) in [5, 5.41) is 3.50. The van der Waals surface area contributed by atoms with Gasteiger partial charge in [0.15, 0.2) is 18.1 Å². The van der Waals surface area contributed by atoms with E-state index in [2.05, 4.69) is 5.32 Å². The van der Waals surface area contributed by atoms with Gasteiger partial charge in [-0.25, -0.2) is 0 Å². The molecule has 1 atom stereocenters. The highest BCUT2D eigenvalue weighted by Gasteiger charge is 2.26. The number of ether oxygens (including phenoxy) is 3. The van der Waals surface area contributed by atoms with Crippen LogP contribution in [0.5, 0.6) is 17.2 Å². The molecule has 0 unspecified atom stereocenters. The van der Waals surface area contributed by atoms with Crippen molar-refractivity contribution in [3.8, 4) is 17.2 Å². The Morgan fingerprint density at radius 1 is 1.00 bits per heavy atom. The summed E-state index contributed by atoms with van der Waals surface area (Å²) in [6, 6.07) is 21.0. The Morgan fingerprint density at radius 2 is 1.71 bits per heavy atom. The average Bonchev–Trinajstić information content (AvgIpc) is 3.33. The lowest BCUT2D eigenvalue weighted by Gasteiger charge is -2.28. The molecular weight excluding hydrogens is 456 g/mol. The highest BCUT2D eigenvalue weighted by atomic mass is 35.5. The van der Waals surface area contributed by atoms with Gasteiger partial charge in [-0.1, -0.05) is 48.0 Å². The monoisotopic (exact) mass is 480 g/mol. The van der Waals surface area contributed by atoms with Gasteiger partial charge in [0, 0.05) is 18.1 Å². The fraction of sp³-hybridized carbons (Fsp3) is 0.231. The number of carbonyl (C=O) groups excluding carboxylic acids is 2. The molecule has 1 N–H and O–H groups in total. The third kappa shape index (κ3) is 5.99. The van der Waals surface area contributed by atoms with Crippen LogP contribution in [0, 0.1) is 0 Å². The van der Waals surface area contributed by atoms with Crippen molar-refractivity contribution in [2.45, 2.75) is 26.1 Å². The van der Waals surface area contributed by atoms with Gasteiger partial charge in [0.05, 0.1) is 0 Å². The second kappa shape index (κ2) is 10.9. The number of nitrogens with one attached hydrogen (secondary N) is 1. The number of hydrogen-bond acceptors (Lipinski definition) is 5. The van der Waals surface area contributed by atoms with Crippen LogP contribution in [0.2, 0.25) is 5.02 Å². The van der Waals surface area contributed by atoms with Crippen LogP contribution >= 0.6 is 11.6 Å². The predicted octanol–water partition coefficient (Wildman–Crippen LogP) is 4.18. The molecule has 34 heavy (non-hydrogen) atoms. The molecule has 0 aromatic heterocycles. The molecule has 0 bridgehead atoms. The van der Waals surface area contributed by atoms with Crippen molar-refractivity contribution in [3.63, 3.8) is 0 Å². The minimum atomic E-state index is -0.725. The Hall–Kier alpha value is -3.71. The van der Waals surface area contributed by atoms with Gasteiger partial charge < -0.3 is 24.4 Å². The predicted molar refractivity (Wildman–Crippen MR) is 128 cm³/mol. The zero-order valence-electron chi connectivity index (χ0n) is 18.7. The van der Waals surface area contributed by atoms with Crippen molar-refractivity contribution in [2.24, 2.45) is 0 Å². The van der Waals surface area contributed by atoms with E-state index in [1.165, 1.54) is 4.90 Å². The van der Waals surface area contributed by atoms with Crippen LogP contribution < -0.4 is 19.5 Å². The molecule has 8 heteroatoms. The smallest absolute Gasteiger partial charge is 0.261 e. The van der Waals surface area contributed by atoms with Crippen LogP contribution in [0.1, 0.15) is 18.1 Å². The number of nitrogens with zero attached hydrogens (tertiary/aromatic N) is 1. The normalized spacial score (nSPS) is 12.6. The maximum absolute atomic E-state index is 13.1. The second-order valence-electron chi connectivity index (χ2n) is 7.83. The third-order valence-electron chi connectivity index (χ3n) is 5.44. The van der Waals surface area contributed by atoms with E-state index < -0.39 is 6.04 Å². The Kier molecular flexibility index (Phi) is 7.54. The molecule has 0 aliphatic carbocycles. The lowest BCUT2D eigenvalue weighted by atomic mass is 10.1. The van der Waals surface area contributed by atoms with Crippen LogP contribution in [-0.2, 0) is 22.7 Å². The molecule has 0 fully saturated rings. The second-order valence-corrected chi connectivity index (χ2v) is 8.27. The highest BCUT2D eigenvalue weighted by molar-refractivity contribution is 6.30. The van der Waals surface area contributed by atoms with Crippen molar-refractivity contribution in [1.29, 1.82) is 0 Å². The van der Waals surface area contributed by atoms with Gasteiger partial charge >= 0.3 is 0 Å². The molecule has 4 rings (SSSR count). The number of benzene rings is 3. The first kappa shape index (κ1) is 23.4. The molecule has 3 aromatic rings. The van der Waals surface area contributed by atoms with Crippen molar-refractivity contribution < 1.29 is 23.8 Å². The van der Waals surface area contributed by atoms with E-state index in [1.807, 2.05) is 48.5 Å². The summed E-state index contributed by atoms with van der Waals surface area (Å²) in [5.74, 6) is 1.34. The van der Waals surface area contributed by atoms with Gasteiger partial charge in [0.1, 0.15) is 11.8 Å². The maximum Gasteiger partial charge on any atom is 0.261 e. The van der Waals surface area contributed by atoms with Gasteiger partial charge in [-0.3, -0.25) is 9.59 Å². The minimum Gasteiger partial charge on any atom is -0.484 e. The van der Waals surface area contributed by atoms with Gasteiger partial charge in [-0.2, -0.15) is 0 Å². The molecule has 0 saturated carbocycles. The SMILES string of the molecule is C[C@@H](C(=O)NCc1ccc2c(c1)OCO2)N(Cc1ccc(Cl)cc1)C(=O)COc1ccccc1. The average molecular weight is 481 g/mol.